The number of fused-ring (bicyclic) bond motifs is 1. The first kappa shape index (κ1) is 24.3. The van der Waals surface area contributed by atoms with Gasteiger partial charge in [-0.2, -0.15) is 5.10 Å². The van der Waals surface area contributed by atoms with Gasteiger partial charge in [0.15, 0.2) is 0 Å². The molecule has 4 N–H and O–H groups in total. The molecular formula is C26H31N7O2. The quantitative estimate of drug-likeness (QED) is 0.270. The zero-order chi connectivity index (χ0) is 25.0. The van der Waals surface area contributed by atoms with E-state index < -0.39 is 5.60 Å². The summed E-state index contributed by atoms with van der Waals surface area (Å²) in [5.74, 6) is 0.419. The van der Waals surface area contributed by atoms with E-state index in [-0.39, 0.29) is 6.61 Å². The zero-order valence-corrected chi connectivity index (χ0v) is 20.4. The maximum Gasteiger partial charge on any atom is 0.223 e. The minimum absolute atomic E-state index is 0.0254. The topological polar surface area (TPSA) is 125 Å². The Labute approximate surface area is 204 Å². The Hall–Kier alpha value is -3.82. The average molecular weight is 474 g/mol. The van der Waals surface area contributed by atoms with E-state index in [2.05, 4.69) is 30.4 Å². The van der Waals surface area contributed by atoms with Crippen molar-refractivity contribution in [3.8, 4) is 22.4 Å². The largest absolute Gasteiger partial charge is 0.394 e. The number of H-pyrrole nitrogens is 1. The molecule has 1 atom stereocenters. The number of aliphatic hydroxyl groups excluding tert-OH is 1. The van der Waals surface area contributed by atoms with E-state index in [1.807, 2.05) is 56.6 Å². The molecule has 0 spiro atoms. The Morgan fingerprint density at radius 2 is 2.06 bits per heavy atom. The lowest BCUT2D eigenvalue weighted by molar-refractivity contribution is 0.0896. The summed E-state index contributed by atoms with van der Waals surface area (Å²) in [4.78, 5) is 17.1. The Morgan fingerprint density at radius 1 is 1.23 bits per heavy atom. The summed E-state index contributed by atoms with van der Waals surface area (Å²) in [5.41, 5.74) is 4.15. The van der Waals surface area contributed by atoms with Crippen molar-refractivity contribution in [2.75, 3.05) is 19.0 Å². The molecule has 4 rings (SSSR count). The monoisotopic (exact) mass is 473 g/mol. The molecule has 0 amide bonds. The normalized spacial score (nSPS) is 14.1. The van der Waals surface area contributed by atoms with Crippen LogP contribution in [-0.4, -0.2) is 53.6 Å². The lowest BCUT2D eigenvalue weighted by atomic mass is 9.89. The molecule has 0 aliphatic rings. The molecule has 0 fully saturated rings. The number of nitrogens with zero attached hydrogens (tertiary/aromatic N) is 5. The van der Waals surface area contributed by atoms with Crippen LogP contribution in [0.5, 0.6) is 0 Å². The summed E-state index contributed by atoms with van der Waals surface area (Å²) in [5, 5.41) is 28.9. The van der Waals surface area contributed by atoms with Gasteiger partial charge in [-0.15, -0.1) is 0 Å². The Bertz CT molecular complexity index is 1380. The standard InChI is InChI=1S/C26H31N7O2/c1-5-7-8-19(6-2)26(3,35)23-12-22(31-25(27-4)32-23)21-15-29-24-20(21)11-17(13-28-24)18-14-30-33(16-18)9-10-34/h5,7-8,11-16,34-35H,6,9-10H2,1-4H3,(H,28,29)(H,27,31,32). The molecule has 0 aliphatic heterocycles. The molecule has 0 saturated carbocycles. The second-order valence-corrected chi connectivity index (χ2v) is 8.39. The molecule has 182 valence electrons. The molecule has 4 aromatic rings. The van der Waals surface area contributed by atoms with Crippen LogP contribution in [0.2, 0.25) is 0 Å². The first-order chi connectivity index (χ1) is 16.9. The van der Waals surface area contributed by atoms with E-state index in [4.69, 9.17) is 0 Å². The lowest BCUT2D eigenvalue weighted by Crippen LogP contribution is -2.26. The van der Waals surface area contributed by atoms with Gasteiger partial charge in [0.05, 0.1) is 30.7 Å². The maximum atomic E-state index is 11.5. The minimum atomic E-state index is -1.27. The van der Waals surface area contributed by atoms with Gasteiger partial charge in [-0.25, -0.2) is 15.0 Å². The number of hydrogen-bond donors (Lipinski definition) is 4. The number of rotatable bonds is 9. The predicted molar refractivity (Wildman–Crippen MR) is 138 cm³/mol. The van der Waals surface area contributed by atoms with Crippen LogP contribution < -0.4 is 5.32 Å². The molecule has 0 aromatic carbocycles. The van der Waals surface area contributed by atoms with Crippen LogP contribution >= 0.6 is 0 Å². The molecule has 0 radical (unpaired) electrons. The van der Waals surface area contributed by atoms with Crippen molar-refractivity contribution in [2.24, 2.45) is 0 Å². The molecule has 9 heteroatoms. The third-order valence-corrected chi connectivity index (χ3v) is 6.05. The first-order valence-corrected chi connectivity index (χ1v) is 11.6. The van der Waals surface area contributed by atoms with Crippen molar-refractivity contribution >= 4 is 17.0 Å². The second kappa shape index (κ2) is 10.2. The number of aromatic nitrogens is 6. The fourth-order valence-corrected chi connectivity index (χ4v) is 4.06. The molecule has 35 heavy (non-hydrogen) atoms. The van der Waals surface area contributed by atoms with Crippen LogP contribution in [0.3, 0.4) is 0 Å². The van der Waals surface area contributed by atoms with E-state index in [1.54, 1.807) is 31.0 Å². The average Bonchev–Trinajstić information content (AvgIpc) is 3.51. The molecular weight excluding hydrogens is 442 g/mol. The van der Waals surface area contributed by atoms with Gasteiger partial charge in [-0.05, 0) is 38.0 Å². The van der Waals surface area contributed by atoms with Crippen molar-refractivity contribution in [2.45, 2.75) is 39.3 Å². The smallest absolute Gasteiger partial charge is 0.223 e. The van der Waals surface area contributed by atoms with Gasteiger partial charge in [-0.1, -0.05) is 25.2 Å². The van der Waals surface area contributed by atoms with Gasteiger partial charge in [0.1, 0.15) is 11.2 Å². The van der Waals surface area contributed by atoms with Crippen molar-refractivity contribution in [3.63, 3.8) is 0 Å². The number of aliphatic hydroxyl groups is 2. The van der Waals surface area contributed by atoms with Crippen LogP contribution in [0.25, 0.3) is 33.4 Å². The highest BCUT2D eigenvalue weighted by Gasteiger charge is 2.30. The fourth-order valence-electron chi connectivity index (χ4n) is 4.06. The van der Waals surface area contributed by atoms with E-state index >= 15 is 0 Å². The van der Waals surface area contributed by atoms with Gasteiger partial charge in [0, 0.05) is 47.7 Å². The van der Waals surface area contributed by atoms with Gasteiger partial charge in [0.25, 0.3) is 0 Å². The van der Waals surface area contributed by atoms with Crippen molar-refractivity contribution < 1.29 is 10.2 Å². The van der Waals surface area contributed by atoms with Gasteiger partial charge in [0.2, 0.25) is 5.95 Å². The Morgan fingerprint density at radius 3 is 2.77 bits per heavy atom. The summed E-state index contributed by atoms with van der Waals surface area (Å²) < 4.78 is 1.70. The number of anilines is 1. The predicted octanol–water partition coefficient (Wildman–Crippen LogP) is 4.04. The van der Waals surface area contributed by atoms with Crippen LogP contribution in [0.4, 0.5) is 5.95 Å². The summed E-state index contributed by atoms with van der Waals surface area (Å²) in [7, 11) is 1.76. The second-order valence-electron chi connectivity index (χ2n) is 8.39. The third-order valence-electron chi connectivity index (χ3n) is 6.05. The van der Waals surface area contributed by atoms with Crippen molar-refractivity contribution in [1.82, 2.24) is 29.7 Å². The van der Waals surface area contributed by atoms with Gasteiger partial charge in [-0.3, -0.25) is 4.68 Å². The SMILES string of the molecule is CC=CC=C(CC)C(C)(O)c1cc(-c2c[nH]c3ncc(-c4cnn(CCO)c4)cc23)nc(NC)n1. The Balaban J connectivity index is 1.82. The third kappa shape index (κ3) is 4.87. The molecule has 4 heterocycles. The summed E-state index contributed by atoms with van der Waals surface area (Å²) in [6, 6.07) is 3.87. The Kier molecular flexibility index (Phi) is 7.09. The van der Waals surface area contributed by atoms with Crippen molar-refractivity contribution in [1.29, 1.82) is 0 Å². The van der Waals surface area contributed by atoms with E-state index in [9.17, 15) is 10.2 Å². The first-order valence-electron chi connectivity index (χ1n) is 11.6. The fraction of sp³-hybridized carbons (Fsp3) is 0.308. The van der Waals surface area contributed by atoms with Gasteiger partial charge < -0.3 is 20.5 Å². The van der Waals surface area contributed by atoms with Crippen LogP contribution in [0, 0.1) is 0 Å². The molecule has 9 nitrogen and oxygen atoms in total. The summed E-state index contributed by atoms with van der Waals surface area (Å²) >= 11 is 0. The number of pyridine rings is 1. The van der Waals surface area contributed by atoms with Crippen molar-refractivity contribution in [3.05, 3.63) is 66.4 Å². The number of hydrogen-bond acceptors (Lipinski definition) is 7. The van der Waals surface area contributed by atoms with Crippen LogP contribution in [0.1, 0.15) is 32.9 Å². The summed E-state index contributed by atoms with van der Waals surface area (Å²) in [6.07, 6.45) is 13.8. The summed E-state index contributed by atoms with van der Waals surface area (Å²) in [6.45, 7) is 6.18. The zero-order valence-electron chi connectivity index (χ0n) is 20.4. The number of allylic oxidation sites excluding steroid dienone is 3. The number of nitrogens with one attached hydrogen (secondary N) is 2. The highest BCUT2D eigenvalue weighted by Crippen LogP contribution is 2.35. The number of aromatic amines is 1. The maximum absolute atomic E-state index is 11.5. The van der Waals surface area contributed by atoms with E-state index in [0.717, 1.165) is 33.3 Å². The van der Waals surface area contributed by atoms with E-state index in [0.29, 0.717) is 30.3 Å². The van der Waals surface area contributed by atoms with Crippen LogP contribution in [-0.2, 0) is 12.1 Å². The molecule has 0 saturated heterocycles. The van der Waals surface area contributed by atoms with Crippen LogP contribution in [0.15, 0.2) is 60.7 Å². The van der Waals surface area contributed by atoms with Gasteiger partial charge >= 0.3 is 0 Å². The lowest BCUT2D eigenvalue weighted by Gasteiger charge is -2.26. The molecule has 4 aromatic heterocycles. The minimum Gasteiger partial charge on any atom is -0.394 e. The molecule has 1 unspecified atom stereocenters. The highest BCUT2D eigenvalue weighted by atomic mass is 16.3. The molecule has 0 bridgehead atoms. The van der Waals surface area contributed by atoms with E-state index in [1.165, 1.54) is 0 Å². The molecule has 0 aliphatic carbocycles. The highest BCUT2D eigenvalue weighted by molar-refractivity contribution is 5.95.